The highest BCUT2D eigenvalue weighted by Crippen LogP contribution is 2.21. The van der Waals surface area contributed by atoms with E-state index in [1.807, 2.05) is 0 Å². The second kappa shape index (κ2) is 1.83. The van der Waals surface area contributed by atoms with E-state index in [9.17, 15) is 0 Å². The molecule has 1 unspecified atom stereocenters. The Bertz CT molecular complexity index is 158. The van der Waals surface area contributed by atoms with Crippen molar-refractivity contribution in [3.05, 3.63) is 0 Å². The summed E-state index contributed by atoms with van der Waals surface area (Å²) in [5.74, 6) is 0.910. The average Bonchev–Trinajstić information content (AvgIpc) is 2.35. The minimum absolute atomic E-state index is 0.910. The molecule has 1 heteroatoms. The van der Waals surface area contributed by atoms with E-state index in [-0.39, 0.29) is 0 Å². The fraction of sp³-hybridized carbons (Fsp3) is 0.875. The fourth-order valence-corrected chi connectivity index (χ4v) is 2.08. The van der Waals surface area contributed by atoms with E-state index in [4.69, 9.17) is 0 Å². The van der Waals surface area contributed by atoms with E-state index in [2.05, 4.69) is 11.5 Å². The first-order valence-electron chi connectivity index (χ1n) is 3.98. The van der Waals surface area contributed by atoms with Gasteiger partial charge in [0.05, 0.1) is 0 Å². The zero-order valence-electron chi connectivity index (χ0n) is 6.06. The lowest BCUT2D eigenvalue weighted by atomic mass is 10.0. The number of hydrogen-bond donors (Lipinski definition) is 0. The first-order chi connectivity index (χ1) is 4.38. The molecule has 9 heavy (non-hydrogen) atoms. The van der Waals surface area contributed by atoms with Crippen molar-refractivity contribution in [3.8, 4) is 0 Å². The topological polar surface area (TPSA) is 3.01 Å². The molecule has 2 aliphatic heterocycles. The molecule has 0 aromatic rings. The van der Waals surface area contributed by atoms with Crippen LogP contribution in [-0.2, 0) is 0 Å². The maximum absolute atomic E-state index is 2.57. The van der Waals surface area contributed by atoms with Gasteiger partial charge in [0.1, 0.15) is 13.1 Å². The summed E-state index contributed by atoms with van der Waals surface area (Å²) in [5.41, 5.74) is 1.75. The Labute approximate surface area is 56.4 Å². The normalized spacial score (nSPS) is 33.7. The molecular weight excluding hydrogens is 110 g/mol. The van der Waals surface area contributed by atoms with Crippen LogP contribution in [0.15, 0.2) is 0 Å². The molecule has 0 aromatic carbocycles. The Hall–Kier alpha value is -0.330. The zero-order valence-corrected chi connectivity index (χ0v) is 6.06. The monoisotopic (exact) mass is 124 g/mol. The number of nitrogens with zero attached hydrogens (tertiary/aromatic N) is 1. The molecule has 0 N–H and O–H groups in total. The lowest BCUT2D eigenvalue weighted by Crippen LogP contribution is -2.08. The third-order valence-electron chi connectivity index (χ3n) is 2.67. The third kappa shape index (κ3) is 0.707. The Morgan fingerprint density at radius 3 is 3.11 bits per heavy atom. The quantitative estimate of drug-likeness (QED) is 0.428. The van der Waals surface area contributed by atoms with Crippen molar-refractivity contribution in [1.82, 2.24) is 0 Å². The molecule has 2 rings (SSSR count). The predicted molar refractivity (Wildman–Crippen MR) is 38.0 cm³/mol. The van der Waals surface area contributed by atoms with E-state index in [1.54, 1.807) is 5.71 Å². The average molecular weight is 124 g/mol. The smallest absolute Gasteiger partial charge is 0.155 e. The standard InChI is InChI=1S/C8H14N/c1-7-4-6-9-5-2-3-8(7)9/h7H,2-6H2,1H3/q+1. The van der Waals surface area contributed by atoms with Crippen LogP contribution < -0.4 is 0 Å². The minimum atomic E-state index is 0.910. The molecule has 0 saturated heterocycles. The van der Waals surface area contributed by atoms with Gasteiger partial charge in [0, 0.05) is 25.2 Å². The van der Waals surface area contributed by atoms with Crippen LogP contribution in [0.2, 0.25) is 0 Å². The Morgan fingerprint density at radius 1 is 1.44 bits per heavy atom. The second-order valence-electron chi connectivity index (χ2n) is 3.27. The summed E-state index contributed by atoms with van der Waals surface area (Å²) in [5, 5.41) is 0. The van der Waals surface area contributed by atoms with Crippen LogP contribution in [-0.4, -0.2) is 23.4 Å². The molecule has 2 aliphatic rings. The number of hydrogen-bond acceptors (Lipinski definition) is 0. The summed E-state index contributed by atoms with van der Waals surface area (Å²) < 4.78 is 2.57. The first kappa shape index (κ1) is 5.45. The molecule has 50 valence electrons. The van der Waals surface area contributed by atoms with Gasteiger partial charge in [-0.2, -0.15) is 0 Å². The Balaban J connectivity index is 2.24. The van der Waals surface area contributed by atoms with Crippen LogP contribution >= 0.6 is 0 Å². The second-order valence-corrected chi connectivity index (χ2v) is 3.27. The van der Waals surface area contributed by atoms with Crippen LogP contribution in [0.1, 0.15) is 26.2 Å². The van der Waals surface area contributed by atoms with Crippen molar-refractivity contribution in [1.29, 1.82) is 0 Å². The van der Waals surface area contributed by atoms with Crippen molar-refractivity contribution >= 4 is 5.71 Å². The first-order valence-corrected chi connectivity index (χ1v) is 3.98. The minimum Gasteiger partial charge on any atom is -0.237 e. The highest BCUT2D eigenvalue weighted by Gasteiger charge is 2.32. The third-order valence-corrected chi connectivity index (χ3v) is 2.67. The van der Waals surface area contributed by atoms with E-state index in [0.717, 1.165) is 5.92 Å². The van der Waals surface area contributed by atoms with Gasteiger partial charge in [-0.25, -0.2) is 4.58 Å². The fourth-order valence-electron chi connectivity index (χ4n) is 2.08. The summed E-state index contributed by atoms with van der Waals surface area (Å²) in [6, 6.07) is 0. The molecule has 0 fully saturated rings. The van der Waals surface area contributed by atoms with Gasteiger partial charge in [-0.1, -0.05) is 6.92 Å². The highest BCUT2D eigenvalue weighted by molar-refractivity contribution is 5.83. The summed E-state index contributed by atoms with van der Waals surface area (Å²) >= 11 is 0. The van der Waals surface area contributed by atoms with Gasteiger partial charge in [0.2, 0.25) is 0 Å². The van der Waals surface area contributed by atoms with Gasteiger partial charge < -0.3 is 0 Å². The maximum atomic E-state index is 2.57. The molecule has 0 saturated carbocycles. The molecule has 0 bridgehead atoms. The van der Waals surface area contributed by atoms with E-state index in [1.165, 1.54) is 32.4 Å². The Morgan fingerprint density at radius 2 is 2.33 bits per heavy atom. The molecule has 0 aliphatic carbocycles. The van der Waals surface area contributed by atoms with Crippen LogP contribution in [0.25, 0.3) is 0 Å². The van der Waals surface area contributed by atoms with Crippen molar-refractivity contribution in [2.75, 3.05) is 13.1 Å². The summed E-state index contributed by atoms with van der Waals surface area (Å²) in [6.45, 7) is 5.05. The summed E-state index contributed by atoms with van der Waals surface area (Å²) in [6.07, 6.45) is 4.22. The molecule has 0 spiro atoms. The van der Waals surface area contributed by atoms with E-state index in [0.29, 0.717) is 0 Å². The summed E-state index contributed by atoms with van der Waals surface area (Å²) in [7, 11) is 0. The van der Waals surface area contributed by atoms with Gasteiger partial charge in [-0.15, -0.1) is 0 Å². The predicted octanol–water partition coefficient (Wildman–Crippen LogP) is 1.27. The summed E-state index contributed by atoms with van der Waals surface area (Å²) in [4.78, 5) is 0. The zero-order chi connectivity index (χ0) is 6.27. The Kier molecular flexibility index (Phi) is 1.11. The van der Waals surface area contributed by atoms with Gasteiger partial charge in [0.25, 0.3) is 0 Å². The molecule has 0 radical (unpaired) electrons. The van der Waals surface area contributed by atoms with Gasteiger partial charge >= 0.3 is 0 Å². The van der Waals surface area contributed by atoms with Gasteiger partial charge in [-0.05, 0) is 0 Å². The van der Waals surface area contributed by atoms with Crippen molar-refractivity contribution in [2.24, 2.45) is 5.92 Å². The molecule has 1 nitrogen and oxygen atoms in total. The van der Waals surface area contributed by atoms with Crippen LogP contribution in [0.5, 0.6) is 0 Å². The molecular formula is C8H14N+. The maximum Gasteiger partial charge on any atom is 0.155 e. The molecule has 2 heterocycles. The van der Waals surface area contributed by atoms with Crippen LogP contribution in [0.3, 0.4) is 0 Å². The number of rotatable bonds is 0. The molecule has 0 amide bonds. The van der Waals surface area contributed by atoms with Gasteiger partial charge in [-0.3, -0.25) is 0 Å². The van der Waals surface area contributed by atoms with Crippen LogP contribution in [0.4, 0.5) is 0 Å². The van der Waals surface area contributed by atoms with E-state index < -0.39 is 0 Å². The van der Waals surface area contributed by atoms with Crippen molar-refractivity contribution in [3.63, 3.8) is 0 Å². The van der Waals surface area contributed by atoms with Crippen LogP contribution in [0, 0.1) is 5.92 Å². The van der Waals surface area contributed by atoms with Crippen molar-refractivity contribution < 1.29 is 4.58 Å². The lowest BCUT2D eigenvalue weighted by Gasteiger charge is -1.93. The largest absolute Gasteiger partial charge is 0.237 e. The van der Waals surface area contributed by atoms with Crippen molar-refractivity contribution in [2.45, 2.75) is 26.2 Å². The molecule has 0 aromatic heterocycles. The molecule has 1 atom stereocenters. The van der Waals surface area contributed by atoms with Gasteiger partial charge in [0.15, 0.2) is 5.71 Å². The highest BCUT2D eigenvalue weighted by atomic mass is 15.1. The SMILES string of the molecule is CC1CC[N+]2=C1CCC2. The lowest BCUT2D eigenvalue weighted by molar-refractivity contribution is -0.512. The van der Waals surface area contributed by atoms with E-state index >= 15 is 0 Å².